The van der Waals surface area contributed by atoms with Crippen molar-refractivity contribution in [2.45, 2.75) is 19.5 Å². The molecule has 0 bridgehead atoms. The second-order valence-corrected chi connectivity index (χ2v) is 4.88. The zero-order valence-corrected chi connectivity index (χ0v) is 11.5. The molecule has 0 saturated carbocycles. The number of hydrogen-bond donors (Lipinski definition) is 1. The Kier molecular flexibility index (Phi) is 3.70. The van der Waals surface area contributed by atoms with Gasteiger partial charge in [0.2, 0.25) is 0 Å². The van der Waals surface area contributed by atoms with E-state index in [1.54, 1.807) is 6.20 Å². The molecule has 3 aromatic rings. The van der Waals surface area contributed by atoms with E-state index in [2.05, 4.69) is 46.5 Å². The Hall–Kier alpha value is -2.26. The van der Waals surface area contributed by atoms with Gasteiger partial charge in [-0.1, -0.05) is 30.3 Å². The molecule has 2 aromatic heterocycles. The predicted molar refractivity (Wildman–Crippen MR) is 81.2 cm³/mol. The van der Waals surface area contributed by atoms with E-state index in [4.69, 9.17) is 0 Å². The van der Waals surface area contributed by atoms with Crippen LogP contribution in [-0.2, 0) is 6.54 Å². The maximum Gasteiger partial charge on any atom is 0.0705 e. The molecule has 0 saturated heterocycles. The number of benzene rings is 1. The summed E-state index contributed by atoms with van der Waals surface area (Å²) in [7, 11) is 0. The Morgan fingerprint density at radius 2 is 1.95 bits per heavy atom. The molecule has 20 heavy (non-hydrogen) atoms. The van der Waals surface area contributed by atoms with Gasteiger partial charge >= 0.3 is 0 Å². The Morgan fingerprint density at radius 3 is 2.80 bits per heavy atom. The molecule has 0 aliphatic carbocycles. The van der Waals surface area contributed by atoms with Crippen LogP contribution in [0.15, 0.2) is 60.9 Å². The standard InChI is InChI=1S/C17H17N3/c1-13(15-6-4-10-18-11-15)19-12-16-9-8-14-5-2-3-7-17(14)20-16/h2-11,13,19H,12H2,1H3. The zero-order valence-electron chi connectivity index (χ0n) is 11.5. The summed E-state index contributed by atoms with van der Waals surface area (Å²) >= 11 is 0. The lowest BCUT2D eigenvalue weighted by Gasteiger charge is -2.13. The van der Waals surface area contributed by atoms with Crippen molar-refractivity contribution >= 4 is 10.9 Å². The molecule has 0 fully saturated rings. The summed E-state index contributed by atoms with van der Waals surface area (Å²) < 4.78 is 0. The molecule has 0 amide bonds. The molecule has 2 heterocycles. The third-order valence-electron chi connectivity index (χ3n) is 3.43. The van der Waals surface area contributed by atoms with E-state index in [1.807, 2.05) is 30.5 Å². The third kappa shape index (κ3) is 2.83. The van der Waals surface area contributed by atoms with Crippen molar-refractivity contribution in [2.24, 2.45) is 0 Å². The summed E-state index contributed by atoms with van der Waals surface area (Å²) in [5.41, 5.74) is 3.29. The molecule has 1 unspecified atom stereocenters. The van der Waals surface area contributed by atoms with Crippen molar-refractivity contribution in [1.82, 2.24) is 15.3 Å². The molecule has 0 spiro atoms. The van der Waals surface area contributed by atoms with Gasteiger partial charge in [-0.25, -0.2) is 0 Å². The highest BCUT2D eigenvalue weighted by Gasteiger charge is 2.05. The lowest BCUT2D eigenvalue weighted by molar-refractivity contribution is 0.567. The smallest absolute Gasteiger partial charge is 0.0705 e. The number of aromatic nitrogens is 2. The zero-order chi connectivity index (χ0) is 13.8. The predicted octanol–water partition coefficient (Wildman–Crippen LogP) is 3.48. The van der Waals surface area contributed by atoms with Crippen molar-refractivity contribution in [1.29, 1.82) is 0 Å². The topological polar surface area (TPSA) is 37.8 Å². The van der Waals surface area contributed by atoms with Crippen molar-refractivity contribution in [3.8, 4) is 0 Å². The van der Waals surface area contributed by atoms with Crippen LogP contribution >= 0.6 is 0 Å². The summed E-state index contributed by atoms with van der Waals surface area (Å²) in [6.07, 6.45) is 3.69. The number of fused-ring (bicyclic) bond motifs is 1. The van der Waals surface area contributed by atoms with Gasteiger partial charge in [0.15, 0.2) is 0 Å². The Labute approximate surface area is 118 Å². The lowest BCUT2D eigenvalue weighted by Crippen LogP contribution is -2.18. The molecule has 100 valence electrons. The molecule has 0 aliphatic rings. The van der Waals surface area contributed by atoms with Crippen LogP contribution in [0.1, 0.15) is 24.2 Å². The third-order valence-corrected chi connectivity index (χ3v) is 3.43. The first-order valence-corrected chi connectivity index (χ1v) is 6.81. The molecular formula is C17H17N3. The highest BCUT2D eigenvalue weighted by atomic mass is 14.9. The molecule has 1 atom stereocenters. The largest absolute Gasteiger partial charge is 0.305 e. The molecular weight excluding hydrogens is 246 g/mol. The van der Waals surface area contributed by atoms with Gasteiger partial charge in [-0.2, -0.15) is 0 Å². The monoisotopic (exact) mass is 263 g/mol. The Bertz CT molecular complexity index is 695. The van der Waals surface area contributed by atoms with Crippen LogP contribution < -0.4 is 5.32 Å². The molecule has 1 N–H and O–H groups in total. The number of nitrogens with one attached hydrogen (secondary N) is 1. The first-order chi connectivity index (χ1) is 9.83. The molecule has 3 nitrogen and oxygen atoms in total. The summed E-state index contributed by atoms with van der Waals surface area (Å²) in [6, 6.07) is 16.7. The Balaban J connectivity index is 1.70. The molecule has 3 heteroatoms. The minimum absolute atomic E-state index is 0.261. The summed E-state index contributed by atoms with van der Waals surface area (Å²) in [5, 5.41) is 4.65. The van der Waals surface area contributed by atoms with Gasteiger partial charge in [0.25, 0.3) is 0 Å². The van der Waals surface area contributed by atoms with E-state index in [0.29, 0.717) is 0 Å². The van der Waals surface area contributed by atoms with Crippen LogP contribution in [0.4, 0.5) is 0 Å². The molecule has 3 rings (SSSR count). The van der Waals surface area contributed by atoms with E-state index < -0.39 is 0 Å². The molecule has 0 radical (unpaired) electrons. The highest BCUT2D eigenvalue weighted by molar-refractivity contribution is 5.78. The first kappa shape index (κ1) is 12.8. The van der Waals surface area contributed by atoms with E-state index in [1.165, 1.54) is 10.9 Å². The van der Waals surface area contributed by atoms with Gasteiger partial charge < -0.3 is 5.32 Å². The first-order valence-electron chi connectivity index (χ1n) is 6.81. The number of rotatable bonds is 4. The minimum Gasteiger partial charge on any atom is -0.305 e. The van der Waals surface area contributed by atoms with E-state index in [-0.39, 0.29) is 6.04 Å². The van der Waals surface area contributed by atoms with E-state index >= 15 is 0 Å². The van der Waals surface area contributed by atoms with Crippen LogP contribution in [0.25, 0.3) is 10.9 Å². The maximum absolute atomic E-state index is 4.66. The van der Waals surface area contributed by atoms with E-state index in [0.717, 1.165) is 17.8 Å². The summed E-state index contributed by atoms with van der Waals surface area (Å²) in [4.78, 5) is 8.81. The van der Waals surface area contributed by atoms with Crippen molar-refractivity contribution in [3.63, 3.8) is 0 Å². The maximum atomic E-state index is 4.66. The quantitative estimate of drug-likeness (QED) is 0.783. The highest BCUT2D eigenvalue weighted by Crippen LogP contribution is 2.14. The van der Waals surface area contributed by atoms with Crippen molar-refractivity contribution in [3.05, 3.63) is 72.2 Å². The fraction of sp³-hybridized carbons (Fsp3) is 0.176. The van der Waals surface area contributed by atoms with E-state index in [9.17, 15) is 0 Å². The molecule has 1 aromatic carbocycles. The van der Waals surface area contributed by atoms with Gasteiger partial charge in [0.05, 0.1) is 11.2 Å². The number of nitrogens with zero attached hydrogens (tertiary/aromatic N) is 2. The summed E-state index contributed by atoms with van der Waals surface area (Å²) in [5.74, 6) is 0. The van der Waals surface area contributed by atoms with Gasteiger partial charge in [-0.3, -0.25) is 9.97 Å². The van der Waals surface area contributed by atoms with Crippen molar-refractivity contribution < 1.29 is 0 Å². The normalized spacial score (nSPS) is 12.4. The minimum atomic E-state index is 0.261. The second-order valence-electron chi connectivity index (χ2n) is 4.88. The van der Waals surface area contributed by atoms with Crippen LogP contribution in [0.3, 0.4) is 0 Å². The van der Waals surface area contributed by atoms with Crippen LogP contribution in [0.2, 0.25) is 0 Å². The number of para-hydroxylation sites is 1. The second kappa shape index (κ2) is 5.80. The fourth-order valence-corrected chi connectivity index (χ4v) is 2.21. The van der Waals surface area contributed by atoms with Gasteiger partial charge in [0, 0.05) is 30.4 Å². The Morgan fingerprint density at radius 1 is 1.05 bits per heavy atom. The molecule has 0 aliphatic heterocycles. The van der Waals surface area contributed by atoms with Crippen molar-refractivity contribution in [2.75, 3.05) is 0 Å². The fourth-order valence-electron chi connectivity index (χ4n) is 2.21. The SMILES string of the molecule is CC(NCc1ccc2ccccc2n1)c1cccnc1. The summed E-state index contributed by atoms with van der Waals surface area (Å²) in [6.45, 7) is 2.89. The van der Waals surface area contributed by atoms with Gasteiger partial charge in [-0.15, -0.1) is 0 Å². The van der Waals surface area contributed by atoms with Crippen LogP contribution in [0, 0.1) is 0 Å². The lowest BCUT2D eigenvalue weighted by atomic mass is 10.1. The number of hydrogen-bond acceptors (Lipinski definition) is 3. The van der Waals surface area contributed by atoms with Gasteiger partial charge in [0.1, 0.15) is 0 Å². The number of pyridine rings is 2. The average Bonchev–Trinajstić information content (AvgIpc) is 2.53. The average molecular weight is 263 g/mol. The van der Waals surface area contributed by atoms with Crippen LogP contribution in [0.5, 0.6) is 0 Å². The van der Waals surface area contributed by atoms with Gasteiger partial charge in [-0.05, 0) is 30.7 Å². The van der Waals surface area contributed by atoms with Crippen LogP contribution in [-0.4, -0.2) is 9.97 Å².